The Morgan fingerprint density at radius 1 is 1.30 bits per heavy atom. The van der Waals surface area contributed by atoms with Gasteiger partial charge < -0.3 is 15.5 Å². The molecule has 20 heavy (non-hydrogen) atoms. The van der Waals surface area contributed by atoms with Crippen LogP contribution in [0.15, 0.2) is 24.3 Å². The molecule has 1 aromatic heterocycles. The van der Waals surface area contributed by atoms with E-state index < -0.39 is 0 Å². The highest BCUT2D eigenvalue weighted by Crippen LogP contribution is 2.24. The third-order valence-electron chi connectivity index (χ3n) is 2.97. The number of hydrogen-bond donors (Lipinski definition) is 3. The molecule has 0 saturated heterocycles. The molecule has 1 heterocycles. The zero-order chi connectivity index (χ0) is 14.7. The number of nitrogens with one attached hydrogen (secondary N) is 1. The second-order valence-corrected chi connectivity index (χ2v) is 4.62. The van der Waals surface area contributed by atoms with Crippen LogP contribution in [-0.4, -0.2) is 32.4 Å². The summed E-state index contributed by atoms with van der Waals surface area (Å²) in [5.74, 6) is -0.490. The molecule has 0 saturated carbocycles. The number of hydrogen-bond acceptors (Lipinski definition) is 4. The number of carbonyl (C=O) groups excluding carboxylic acids is 1. The van der Waals surface area contributed by atoms with Gasteiger partial charge in [0.05, 0.1) is 5.69 Å². The quantitative estimate of drug-likeness (QED) is 0.729. The van der Waals surface area contributed by atoms with Crippen LogP contribution in [0, 0.1) is 6.92 Å². The average Bonchev–Trinajstić information content (AvgIpc) is 2.73. The summed E-state index contributed by atoms with van der Waals surface area (Å²) in [6.07, 6.45) is 0.566. The van der Waals surface area contributed by atoms with E-state index in [2.05, 4.69) is 10.4 Å². The summed E-state index contributed by atoms with van der Waals surface area (Å²) in [7, 11) is 1.72. The van der Waals surface area contributed by atoms with Crippen molar-refractivity contribution in [2.24, 2.45) is 7.05 Å². The number of benzene rings is 1. The highest BCUT2D eigenvalue weighted by Gasteiger charge is 2.11. The van der Waals surface area contributed by atoms with Crippen LogP contribution < -0.4 is 5.32 Å². The van der Waals surface area contributed by atoms with Gasteiger partial charge in [-0.25, -0.2) is 0 Å². The standard InChI is InChI=1S/C14H17N3O3/c1-9-7-11(17(2)16-9)14(20)15-6-5-10-3-4-12(18)13(19)8-10/h3-4,7-8,18-19H,5-6H2,1-2H3,(H,15,20). The molecule has 1 amide bonds. The van der Waals surface area contributed by atoms with Gasteiger partial charge in [-0.3, -0.25) is 9.48 Å². The van der Waals surface area contributed by atoms with E-state index in [1.165, 1.54) is 16.8 Å². The monoisotopic (exact) mass is 275 g/mol. The molecule has 2 rings (SSSR count). The molecule has 0 atom stereocenters. The number of phenolic OH excluding ortho intramolecular Hbond substituents is 2. The van der Waals surface area contributed by atoms with Crippen molar-refractivity contribution < 1.29 is 15.0 Å². The lowest BCUT2D eigenvalue weighted by molar-refractivity contribution is 0.0944. The van der Waals surface area contributed by atoms with Crippen LogP contribution in [0.1, 0.15) is 21.7 Å². The van der Waals surface area contributed by atoms with Gasteiger partial charge in [-0.05, 0) is 37.1 Å². The zero-order valence-corrected chi connectivity index (χ0v) is 11.4. The number of nitrogens with zero attached hydrogens (tertiary/aromatic N) is 2. The van der Waals surface area contributed by atoms with E-state index in [4.69, 9.17) is 0 Å². The van der Waals surface area contributed by atoms with Crippen molar-refractivity contribution in [2.75, 3.05) is 6.54 Å². The maximum atomic E-state index is 11.9. The number of rotatable bonds is 4. The van der Waals surface area contributed by atoms with Crippen molar-refractivity contribution in [1.29, 1.82) is 0 Å². The van der Waals surface area contributed by atoms with E-state index in [0.717, 1.165) is 11.3 Å². The van der Waals surface area contributed by atoms with E-state index in [0.29, 0.717) is 18.7 Å². The van der Waals surface area contributed by atoms with Crippen LogP contribution in [-0.2, 0) is 13.5 Å². The van der Waals surface area contributed by atoms with E-state index in [1.807, 2.05) is 6.92 Å². The second-order valence-electron chi connectivity index (χ2n) is 4.62. The number of amides is 1. The van der Waals surface area contributed by atoms with Gasteiger partial charge in [0.25, 0.3) is 5.91 Å². The van der Waals surface area contributed by atoms with Gasteiger partial charge >= 0.3 is 0 Å². The molecule has 1 aromatic carbocycles. The number of aromatic hydroxyl groups is 2. The molecule has 3 N–H and O–H groups in total. The summed E-state index contributed by atoms with van der Waals surface area (Å²) in [4.78, 5) is 11.9. The summed E-state index contributed by atoms with van der Waals surface area (Å²) >= 11 is 0. The molecular weight excluding hydrogens is 258 g/mol. The fourth-order valence-corrected chi connectivity index (χ4v) is 1.96. The van der Waals surface area contributed by atoms with Gasteiger partial charge in [0.1, 0.15) is 5.69 Å². The molecule has 6 nitrogen and oxygen atoms in total. The molecule has 106 valence electrons. The highest BCUT2D eigenvalue weighted by molar-refractivity contribution is 5.92. The number of carbonyl (C=O) groups is 1. The van der Waals surface area contributed by atoms with Crippen molar-refractivity contribution >= 4 is 5.91 Å². The fraction of sp³-hybridized carbons (Fsp3) is 0.286. The summed E-state index contributed by atoms with van der Waals surface area (Å²) in [5.41, 5.74) is 2.14. The molecule has 0 spiro atoms. The number of aromatic nitrogens is 2. The Balaban J connectivity index is 1.91. The largest absolute Gasteiger partial charge is 0.504 e. The van der Waals surface area contributed by atoms with Crippen molar-refractivity contribution in [3.8, 4) is 11.5 Å². The Morgan fingerprint density at radius 3 is 2.65 bits per heavy atom. The lowest BCUT2D eigenvalue weighted by atomic mass is 10.1. The maximum absolute atomic E-state index is 11.9. The van der Waals surface area contributed by atoms with E-state index in [1.54, 1.807) is 19.2 Å². The minimum absolute atomic E-state index is 0.150. The first kappa shape index (κ1) is 13.9. The van der Waals surface area contributed by atoms with Gasteiger partial charge in [0.15, 0.2) is 11.5 Å². The average molecular weight is 275 g/mol. The van der Waals surface area contributed by atoms with Crippen molar-refractivity contribution in [3.63, 3.8) is 0 Å². The molecule has 2 aromatic rings. The number of phenols is 2. The maximum Gasteiger partial charge on any atom is 0.269 e. The van der Waals surface area contributed by atoms with Crippen molar-refractivity contribution in [2.45, 2.75) is 13.3 Å². The minimum atomic E-state index is -0.184. The molecule has 0 bridgehead atoms. The lowest BCUT2D eigenvalue weighted by Gasteiger charge is -2.06. The molecule has 0 aliphatic heterocycles. The summed E-state index contributed by atoms with van der Waals surface area (Å²) in [6.45, 7) is 2.27. The van der Waals surface area contributed by atoms with E-state index in [9.17, 15) is 15.0 Å². The molecule has 0 aliphatic rings. The Bertz CT molecular complexity index is 635. The van der Waals surface area contributed by atoms with Gasteiger partial charge in [0.2, 0.25) is 0 Å². The summed E-state index contributed by atoms with van der Waals surface area (Å²) in [6, 6.07) is 6.34. The summed E-state index contributed by atoms with van der Waals surface area (Å²) in [5, 5.41) is 25.5. The Hall–Kier alpha value is -2.50. The third kappa shape index (κ3) is 3.09. The number of aryl methyl sites for hydroxylation is 2. The SMILES string of the molecule is Cc1cc(C(=O)NCCc2ccc(O)c(O)c2)n(C)n1. The van der Waals surface area contributed by atoms with Crippen molar-refractivity contribution in [3.05, 3.63) is 41.2 Å². The van der Waals surface area contributed by atoms with Gasteiger partial charge in [-0.1, -0.05) is 6.07 Å². The smallest absolute Gasteiger partial charge is 0.269 e. The molecule has 0 radical (unpaired) electrons. The van der Waals surface area contributed by atoms with Crippen LogP contribution in [0.5, 0.6) is 11.5 Å². The van der Waals surface area contributed by atoms with E-state index >= 15 is 0 Å². The van der Waals surface area contributed by atoms with Crippen LogP contribution in [0.2, 0.25) is 0 Å². The Kier molecular flexibility index (Phi) is 3.93. The Morgan fingerprint density at radius 2 is 2.05 bits per heavy atom. The topological polar surface area (TPSA) is 87.4 Å². The first-order valence-corrected chi connectivity index (χ1v) is 6.27. The lowest BCUT2D eigenvalue weighted by Crippen LogP contribution is -2.27. The van der Waals surface area contributed by atoms with Gasteiger partial charge in [-0.2, -0.15) is 5.10 Å². The molecule has 6 heteroatoms. The molecular formula is C14H17N3O3. The van der Waals surface area contributed by atoms with Crippen molar-refractivity contribution in [1.82, 2.24) is 15.1 Å². The van der Waals surface area contributed by atoms with Crippen LogP contribution in [0.25, 0.3) is 0 Å². The van der Waals surface area contributed by atoms with Gasteiger partial charge in [0, 0.05) is 13.6 Å². The molecule has 0 aliphatic carbocycles. The van der Waals surface area contributed by atoms with Crippen LogP contribution >= 0.6 is 0 Å². The molecule has 0 fully saturated rings. The second kappa shape index (κ2) is 5.64. The molecule has 0 unspecified atom stereocenters. The Labute approximate surface area is 116 Å². The fourth-order valence-electron chi connectivity index (χ4n) is 1.96. The van der Waals surface area contributed by atoms with Gasteiger partial charge in [-0.15, -0.1) is 0 Å². The van der Waals surface area contributed by atoms with Crippen LogP contribution in [0.4, 0.5) is 0 Å². The first-order chi connectivity index (χ1) is 9.47. The minimum Gasteiger partial charge on any atom is -0.504 e. The highest BCUT2D eigenvalue weighted by atomic mass is 16.3. The first-order valence-electron chi connectivity index (χ1n) is 6.27. The summed E-state index contributed by atoms with van der Waals surface area (Å²) < 4.78 is 1.54. The van der Waals surface area contributed by atoms with E-state index in [-0.39, 0.29) is 17.4 Å². The van der Waals surface area contributed by atoms with Crippen LogP contribution in [0.3, 0.4) is 0 Å². The predicted octanol–water partition coefficient (Wildman–Crippen LogP) is 1.11. The normalized spacial score (nSPS) is 10.5. The predicted molar refractivity (Wildman–Crippen MR) is 73.8 cm³/mol. The zero-order valence-electron chi connectivity index (χ0n) is 11.4. The third-order valence-corrected chi connectivity index (χ3v) is 2.97.